The Labute approximate surface area is 193 Å². The summed E-state index contributed by atoms with van der Waals surface area (Å²) < 4.78 is 0. The van der Waals surface area contributed by atoms with Crippen molar-refractivity contribution >= 4 is 0 Å². The summed E-state index contributed by atoms with van der Waals surface area (Å²) in [4.78, 5) is 0. The Bertz CT molecular complexity index is 647. The van der Waals surface area contributed by atoms with Crippen molar-refractivity contribution in [2.24, 2.45) is 29.6 Å². The number of rotatable bonds is 9. The molecule has 0 aromatic heterocycles. The Kier molecular flexibility index (Phi) is 8.74. The van der Waals surface area contributed by atoms with Crippen LogP contribution in [0, 0.1) is 29.6 Å². The molecule has 3 aliphatic rings. The molecule has 0 bridgehead atoms. The second-order valence-electron chi connectivity index (χ2n) is 11.5. The molecule has 3 saturated carbocycles. The molecule has 4 unspecified atom stereocenters. The summed E-state index contributed by atoms with van der Waals surface area (Å²) in [7, 11) is 0. The Hall–Kier alpha value is -1.04. The number of fused-ring (bicyclic) bond motifs is 1. The molecule has 0 N–H and O–H groups in total. The van der Waals surface area contributed by atoms with Crippen molar-refractivity contribution in [1.82, 2.24) is 0 Å². The molecule has 3 fully saturated rings. The van der Waals surface area contributed by atoms with E-state index in [0.29, 0.717) is 0 Å². The third-order valence-corrected chi connectivity index (χ3v) is 9.51. The lowest BCUT2D eigenvalue weighted by molar-refractivity contribution is 0.0710. The maximum atomic E-state index is 3.87. The highest BCUT2D eigenvalue weighted by Crippen LogP contribution is 2.51. The van der Waals surface area contributed by atoms with E-state index in [4.69, 9.17) is 0 Å². The van der Waals surface area contributed by atoms with Crippen molar-refractivity contribution in [2.45, 2.75) is 116 Å². The zero-order valence-corrected chi connectivity index (χ0v) is 20.4. The van der Waals surface area contributed by atoms with Gasteiger partial charge in [-0.1, -0.05) is 82.2 Å². The molecule has 1 aromatic carbocycles. The molecule has 3 aliphatic carbocycles. The Morgan fingerprint density at radius 3 is 2.10 bits per heavy atom. The van der Waals surface area contributed by atoms with E-state index in [1.807, 2.05) is 6.08 Å². The van der Waals surface area contributed by atoms with Gasteiger partial charge in [0.1, 0.15) is 0 Å². The van der Waals surface area contributed by atoms with Gasteiger partial charge in [-0.25, -0.2) is 0 Å². The van der Waals surface area contributed by atoms with E-state index in [0.717, 1.165) is 41.9 Å². The van der Waals surface area contributed by atoms with Gasteiger partial charge in [-0.05, 0) is 104 Å². The maximum Gasteiger partial charge on any atom is -0.0100 e. The average molecular weight is 421 g/mol. The smallest absolute Gasteiger partial charge is 0.0100 e. The van der Waals surface area contributed by atoms with Crippen LogP contribution in [0.1, 0.15) is 120 Å². The van der Waals surface area contributed by atoms with Gasteiger partial charge in [0.05, 0.1) is 0 Å². The van der Waals surface area contributed by atoms with E-state index in [9.17, 15) is 0 Å². The molecule has 0 saturated heterocycles. The van der Waals surface area contributed by atoms with Crippen LogP contribution in [0.15, 0.2) is 36.9 Å². The van der Waals surface area contributed by atoms with E-state index < -0.39 is 0 Å². The summed E-state index contributed by atoms with van der Waals surface area (Å²) >= 11 is 0. The second-order valence-corrected chi connectivity index (χ2v) is 11.5. The Balaban J connectivity index is 1.21. The molecule has 4 rings (SSSR count). The predicted molar refractivity (Wildman–Crippen MR) is 135 cm³/mol. The van der Waals surface area contributed by atoms with Crippen molar-refractivity contribution in [3.63, 3.8) is 0 Å². The molecule has 0 heterocycles. The first-order valence-corrected chi connectivity index (χ1v) is 14.0. The number of hydrogen-bond donors (Lipinski definition) is 0. The largest absolute Gasteiger partial charge is 0.103 e. The number of hydrogen-bond acceptors (Lipinski definition) is 0. The number of benzene rings is 1. The lowest BCUT2D eigenvalue weighted by Gasteiger charge is -2.45. The third-order valence-electron chi connectivity index (χ3n) is 9.51. The fourth-order valence-electron chi connectivity index (χ4n) is 7.56. The van der Waals surface area contributed by atoms with Crippen LogP contribution >= 0.6 is 0 Å². The molecule has 31 heavy (non-hydrogen) atoms. The zero-order chi connectivity index (χ0) is 21.5. The maximum absolute atomic E-state index is 3.87. The van der Waals surface area contributed by atoms with E-state index in [-0.39, 0.29) is 0 Å². The minimum atomic E-state index is 0.818. The second kappa shape index (κ2) is 11.7. The van der Waals surface area contributed by atoms with Crippen LogP contribution < -0.4 is 0 Å². The van der Waals surface area contributed by atoms with Crippen molar-refractivity contribution in [2.75, 3.05) is 0 Å². The van der Waals surface area contributed by atoms with Crippen molar-refractivity contribution < 1.29 is 0 Å². The zero-order valence-electron chi connectivity index (χ0n) is 20.4. The highest BCUT2D eigenvalue weighted by atomic mass is 14.4. The average Bonchev–Trinajstić information content (AvgIpc) is 2.82. The summed E-state index contributed by atoms with van der Waals surface area (Å²) in [5, 5.41) is 0. The molecule has 0 radical (unpaired) electrons. The molecule has 0 spiro atoms. The fraction of sp³-hybridized carbons (Fsp3) is 0.742. The molecule has 0 amide bonds. The molecule has 172 valence electrons. The highest BCUT2D eigenvalue weighted by Gasteiger charge is 2.39. The first kappa shape index (κ1) is 23.1. The van der Waals surface area contributed by atoms with Crippen molar-refractivity contribution in [1.29, 1.82) is 0 Å². The monoisotopic (exact) mass is 420 g/mol. The standard InChI is InChI=1S/C31H48/c1-3-5-6-7-9-25-12-16-27(17-13-25)29-19-21-30-22-28(18-20-31(30)23-29)26-14-10-24(8-4-2)11-15-26/h4,10-11,14-15,25,27-31H,2-3,5-9,12-13,16-23H2,1H3. The Morgan fingerprint density at radius 1 is 0.742 bits per heavy atom. The molecular formula is C31H48. The molecule has 0 aliphatic heterocycles. The third kappa shape index (κ3) is 6.27. The van der Waals surface area contributed by atoms with Gasteiger partial charge in [0.25, 0.3) is 0 Å². The van der Waals surface area contributed by atoms with Crippen LogP contribution in [-0.2, 0) is 6.42 Å². The number of unbranched alkanes of at least 4 members (excludes halogenated alkanes) is 3. The van der Waals surface area contributed by atoms with Crippen LogP contribution in [-0.4, -0.2) is 0 Å². The van der Waals surface area contributed by atoms with Gasteiger partial charge in [-0.3, -0.25) is 0 Å². The van der Waals surface area contributed by atoms with Gasteiger partial charge in [-0.2, -0.15) is 0 Å². The van der Waals surface area contributed by atoms with Crippen molar-refractivity contribution in [3.05, 3.63) is 48.0 Å². The quantitative estimate of drug-likeness (QED) is 0.275. The van der Waals surface area contributed by atoms with Gasteiger partial charge >= 0.3 is 0 Å². The van der Waals surface area contributed by atoms with Crippen molar-refractivity contribution in [3.8, 4) is 0 Å². The van der Waals surface area contributed by atoms with Gasteiger partial charge < -0.3 is 0 Å². The van der Waals surface area contributed by atoms with Crippen LogP contribution in [0.4, 0.5) is 0 Å². The molecule has 1 aromatic rings. The minimum Gasteiger partial charge on any atom is -0.103 e. The van der Waals surface area contributed by atoms with Crippen LogP contribution in [0.25, 0.3) is 0 Å². The summed E-state index contributed by atoms with van der Waals surface area (Å²) in [6, 6.07) is 9.49. The molecule has 0 heteroatoms. The first-order chi connectivity index (χ1) is 15.3. The van der Waals surface area contributed by atoms with Gasteiger partial charge in [0.15, 0.2) is 0 Å². The van der Waals surface area contributed by atoms with E-state index in [2.05, 4.69) is 37.8 Å². The minimum absolute atomic E-state index is 0.818. The first-order valence-electron chi connectivity index (χ1n) is 14.0. The van der Waals surface area contributed by atoms with Gasteiger partial charge in [0, 0.05) is 0 Å². The predicted octanol–water partition coefficient (Wildman–Crippen LogP) is 9.49. The summed E-state index contributed by atoms with van der Waals surface area (Å²) in [5.74, 6) is 6.08. The van der Waals surface area contributed by atoms with Gasteiger partial charge in [-0.15, -0.1) is 6.58 Å². The molecule has 0 nitrogen and oxygen atoms in total. The fourth-order valence-corrected chi connectivity index (χ4v) is 7.56. The van der Waals surface area contributed by atoms with Crippen LogP contribution in [0.3, 0.4) is 0 Å². The topological polar surface area (TPSA) is 0 Å². The molecule has 4 atom stereocenters. The van der Waals surface area contributed by atoms with E-state index >= 15 is 0 Å². The SMILES string of the molecule is C=CCc1ccc(C2CCC3CC(C4CCC(CCCCCC)CC4)CCC3C2)cc1. The van der Waals surface area contributed by atoms with Crippen LogP contribution in [0.5, 0.6) is 0 Å². The summed E-state index contributed by atoms with van der Waals surface area (Å²) in [6.07, 6.45) is 25.6. The van der Waals surface area contributed by atoms with Gasteiger partial charge in [0.2, 0.25) is 0 Å². The number of allylic oxidation sites excluding steroid dienone is 1. The normalized spacial score (nSPS) is 33.6. The molecular weight excluding hydrogens is 372 g/mol. The highest BCUT2D eigenvalue weighted by molar-refractivity contribution is 5.27. The lowest BCUT2D eigenvalue weighted by Crippen LogP contribution is -2.34. The van der Waals surface area contributed by atoms with E-state index in [1.165, 1.54) is 69.8 Å². The van der Waals surface area contributed by atoms with E-state index in [1.54, 1.807) is 37.7 Å². The summed E-state index contributed by atoms with van der Waals surface area (Å²) in [5.41, 5.74) is 3.01. The lowest BCUT2D eigenvalue weighted by atomic mass is 9.60. The summed E-state index contributed by atoms with van der Waals surface area (Å²) in [6.45, 7) is 6.20. The van der Waals surface area contributed by atoms with Crippen LogP contribution in [0.2, 0.25) is 0 Å². The Morgan fingerprint density at radius 2 is 1.39 bits per heavy atom.